The first-order valence-electron chi connectivity index (χ1n) is 6.81. The molecule has 0 fully saturated rings. The van der Waals surface area contributed by atoms with Crippen LogP contribution in [0.2, 0.25) is 0 Å². The number of aromatic nitrogens is 1. The highest BCUT2D eigenvalue weighted by Gasteiger charge is 2.11. The van der Waals surface area contributed by atoms with Gasteiger partial charge in [-0.15, -0.1) is 0 Å². The van der Waals surface area contributed by atoms with Crippen molar-refractivity contribution in [3.63, 3.8) is 0 Å². The third kappa shape index (κ3) is 4.62. The predicted octanol–water partition coefficient (Wildman–Crippen LogP) is 2.38. The van der Waals surface area contributed by atoms with Crippen molar-refractivity contribution < 1.29 is 19.2 Å². The van der Waals surface area contributed by atoms with Crippen molar-refractivity contribution in [1.82, 2.24) is 10.4 Å². The van der Waals surface area contributed by atoms with Crippen molar-refractivity contribution in [2.24, 2.45) is 5.10 Å². The van der Waals surface area contributed by atoms with E-state index in [1.54, 1.807) is 13.2 Å². The molecule has 2 rings (SSSR count). The molecule has 1 aromatic carbocycles. The van der Waals surface area contributed by atoms with E-state index < -0.39 is 10.8 Å². The van der Waals surface area contributed by atoms with Crippen molar-refractivity contribution in [3.8, 4) is 11.5 Å². The quantitative estimate of drug-likeness (QED) is 0.309. The summed E-state index contributed by atoms with van der Waals surface area (Å²) >= 11 is 2.10. The summed E-state index contributed by atoms with van der Waals surface area (Å²) in [5.74, 6) is 0.569. The summed E-state index contributed by atoms with van der Waals surface area (Å²) < 4.78 is 11.3. The van der Waals surface area contributed by atoms with Gasteiger partial charge in [-0.2, -0.15) is 5.10 Å². The number of methoxy groups -OCH3 is 2. The third-order valence-electron chi connectivity index (χ3n) is 3.03. The average Bonchev–Trinajstić information content (AvgIpc) is 2.61. The Morgan fingerprint density at radius 2 is 2.12 bits per heavy atom. The maximum absolute atomic E-state index is 11.9. The first-order valence-corrected chi connectivity index (χ1v) is 7.89. The zero-order valence-corrected chi connectivity index (χ0v) is 15.4. The smallest absolute Gasteiger partial charge is 0.289 e. The molecule has 9 nitrogen and oxygen atoms in total. The second-order valence-electron chi connectivity index (χ2n) is 4.60. The van der Waals surface area contributed by atoms with E-state index in [9.17, 15) is 14.9 Å². The van der Waals surface area contributed by atoms with Crippen LogP contribution in [0, 0.1) is 13.7 Å². The molecule has 1 heterocycles. The standard InChI is InChI=1S/C15H13IN4O5/c1-24-13-6-9(5-11(16)14(13)25-2)7-18-19-15(21)12-4-3-10(8-17-12)20(22)23/h3-8H,1-2H3,(H,19,21). The van der Waals surface area contributed by atoms with Gasteiger partial charge in [0, 0.05) is 6.07 Å². The zero-order valence-electron chi connectivity index (χ0n) is 13.2. The Morgan fingerprint density at radius 3 is 2.68 bits per heavy atom. The van der Waals surface area contributed by atoms with E-state index in [1.807, 2.05) is 6.07 Å². The number of carbonyl (C=O) groups excluding carboxylic acids is 1. The number of nitrogens with one attached hydrogen (secondary N) is 1. The summed E-state index contributed by atoms with van der Waals surface area (Å²) in [4.78, 5) is 25.6. The van der Waals surface area contributed by atoms with Gasteiger partial charge < -0.3 is 9.47 Å². The normalized spacial score (nSPS) is 10.5. The molecule has 0 unspecified atom stereocenters. The highest BCUT2D eigenvalue weighted by Crippen LogP contribution is 2.32. The summed E-state index contributed by atoms with van der Waals surface area (Å²) in [5.41, 5.74) is 2.82. The Kier molecular flexibility index (Phi) is 6.22. The van der Waals surface area contributed by atoms with Gasteiger partial charge in [0.25, 0.3) is 11.6 Å². The number of carbonyl (C=O) groups is 1. The number of hydrazone groups is 1. The molecule has 0 radical (unpaired) electrons. The molecule has 1 amide bonds. The molecule has 1 aromatic heterocycles. The van der Waals surface area contributed by atoms with Crippen molar-refractivity contribution in [1.29, 1.82) is 0 Å². The number of hydrogen-bond acceptors (Lipinski definition) is 7. The number of amides is 1. The highest BCUT2D eigenvalue weighted by molar-refractivity contribution is 14.1. The van der Waals surface area contributed by atoms with E-state index in [2.05, 4.69) is 38.1 Å². The monoisotopic (exact) mass is 456 g/mol. The number of hydrogen-bond donors (Lipinski definition) is 1. The fourth-order valence-electron chi connectivity index (χ4n) is 1.86. The Balaban J connectivity index is 2.08. The summed E-state index contributed by atoms with van der Waals surface area (Å²) in [6, 6.07) is 5.97. The van der Waals surface area contributed by atoms with E-state index in [0.29, 0.717) is 17.1 Å². The summed E-state index contributed by atoms with van der Waals surface area (Å²) in [5, 5.41) is 14.4. The SMILES string of the molecule is COc1cc(C=NNC(=O)c2ccc([N+](=O)[O-])cn2)cc(I)c1OC. The van der Waals surface area contributed by atoms with E-state index in [-0.39, 0.29) is 11.4 Å². The lowest BCUT2D eigenvalue weighted by molar-refractivity contribution is -0.385. The van der Waals surface area contributed by atoms with Crippen LogP contribution < -0.4 is 14.9 Å². The van der Waals surface area contributed by atoms with Crippen LogP contribution in [0.15, 0.2) is 35.6 Å². The number of nitro groups is 1. The number of nitrogens with zero attached hydrogens (tertiary/aromatic N) is 3. The molecule has 10 heteroatoms. The van der Waals surface area contributed by atoms with Gasteiger partial charge in [0.2, 0.25) is 0 Å². The molecule has 1 N–H and O–H groups in total. The minimum atomic E-state index is -0.592. The second kappa shape index (κ2) is 8.37. The Hall–Kier alpha value is -2.76. The summed E-state index contributed by atoms with van der Waals surface area (Å²) in [6.07, 6.45) is 2.45. The van der Waals surface area contributed by atoms with Crippen LogP contribution in [-0.2, 0) is 0 Å². The summed E-state index contributed by atoms with van der Waals surface area (Å²) in [6.45, 7) is 0. The number of ether oxygens (including phenoxy) is 2. The molecule has 25 heavy (non-hydrogen) atoms. The van der Waals surface area contributed by atoms with Gasteiger partial charge >= 0.3 is 0 Å². The molecule has 0 saturated heterocycles. The molecule has 0 bridgehead atoms. The van der Waals surface area contributed by atoms with Gasteiger partial charge in [0.05, 0.1) is 28.9 Å². The Bertz CT molecular complexity index is 823. The van der Waals surface area contributed by atoms with Gasteiger partial charge in [0.15, 0.2) is 11.5 Å². The van der Waals surface area contributed by atoms with Crippen LogP contribution >= 0.6 is 22.6 Å². The van der Waals surface area contributed by atoms with Crippen LogP contribution in [0.25, 0.3) is 0 Å². The molecule has 0 aliphatic carbocycles. The van der Waals surface area contributed by atoms with Crippen molar-refractivity contribution in [2.45, 2.75) is 0 Å². The lowest BCUT2D eigenvalue weighted by Crippen LogP contribution is -2.18. The molecule has 130 valence electrons. The topological polar surface area (TPSA) is 116 Å². The predicted molar refractivity (Wildman–Crippen MR) is 98.2 cm³/mol. The van der Waals surface area contributed by atoms with Crippen LogP contribution in [0.1, 0.15) is 16.1 Å². The maximum atomic E-state index is 11.9. The molecular formula is C15H13IN4O5. The minimum absolute atomic E-state index is 0.0182. The van der Waals surface area contributed by atoms with E-state index >= 15 is 0 Å². The van der Waals surface area contributed by atoms with Gasteiger partial charge in [-0.3, -0.25) is 14.9 Å². The fraction of sp³-hybridized carbons (Fsp3) is 0.133. The lowest BCUT2D eigenvalue weighted by atomic mass is 10.2. The van der Waals surface area contributed by atoms with Gasteiger partial charge in [-0.1, -0.05) is 0 Å². The Labute approximate surface area is 156 Å². The average molecular weight is 456 g/mol. The van der Waals surface area contributed by atoms with E-state index in [1.165, 1.54) is 25.5 Å². The third-order valence-corrected chi connectivity index (χ3v) is 3.83. The zero-order chi connectivity index (χ0) is 18.4. The number of pyridine rings is 1. The number of benzene rings is 1. The molecule has 0 aliphatic heterocycles. The van der Waals surface area contributed by atoms with Gasteiger partial charge in [-0.25, -0.2) is 10.4 Å². The molecule has 0 aliphatic rings. The molecular weight excluding hydrogens is 443 g/mol. The first-order chi connectivity index (χ1) is 12.0. The van der Waals surface area contributed by atoms with Crippen molar-refractivity contribution in [2.75, 3.05) is 14.2 Å². The molecule has 0 saturated carbocycles. The largest absolute Gasteiger partial charge is 0.493 e. The highest BCUT2D eigenvalue weighted by atomic mass is 127. The lowest BCUT2D eigenvalue weighted by Gasteiger charge is -2.10. The minimum Gasteiger partial charge on any atom is -0.493 e. The molecule has 0 atom stereocenters. The fourth-order valence-corrected chi connectivity index (χ4v) is 2.71. The van der Waals surface area contributed by atoms with Gasteiger partial charge in [-0.05, 0) is 46.4 Å². The summed E-state index contributed by atoms with van der Waals surface area (Å²) in [7, 11) is 3.07. The van der Waals surface area contributed by atoms with Crippen LogP contribution in [0.4, 0.5) is 5.69 Å². The van der Waals surface area contributed by atoms with Gasteiger partial charge in [0.1, 0.15) is 11.9 Å². The van der Waals surface area contributed by atoms with Crippen molar-refractivity contribution in [3.05, 3.63) is 55.4 Å². The van der Waals surface area contributed by atoms with Crippen LogP contribution in [-0.4, -0.2) is 36.2 Å². The van der Waals surface area contributed by atoms with Crippen molar-refractivity contribution >= 4 is 40.4 Å². The van der Waals surface area contributed by atoms with Crippen LogP contribution in [0.3, 0.4) is 0 Å². The number of halogens is 1. The molecule has 0 spiro atoms. The number of rotatable bonds is 6. The second-order valence-corrected chi connectivity index (χ2v) is 5.76. The first kappa shape index (κ1) is 18.6. The van der Waals surface area contributed by atoms with E-state index in [4.69, 9.17) is 9.47 Å². The molecule has 2 aromatic rings. The van der Waals surface area contributed by atoms with Crippen LogP contribution in [0.5, 0.6) is 11.5 Å². The van der Waals surface area contributed by atoms with E-state index in [0.717, 1.165) is 9.77 Å². The Morgan fingerprint density at radius 1 is 1.36 bits per heavy atom. The maximum Gasteiger partial charge on any atom is 0.289 e.